The average Bonchev–Trinajstić information content (AvgIpc) is 2.87. The van der Waals surface area contributed by atoms with Crippen molar-refractivity contribution in [2.45, 2.75) is 25.8 Å². The Kier molecular flexibility index (Phi) is 4.48. The molecule has 1 N–H and O–H groups in total. The summed E-state index contributed by atoms with van der Waals surface area (Å²) in [6, 6.07) is 3.98. The predicted octanol–water partition coefficient (Wildman–Crippen LogP) is 3.91. The van der Waals surface area contributed by atoms with E-state index in [2.05, 4.69) is 40.2 Å². The van der Waals surface area contributed by atoms with E-state index < -0.39 is 0 Å². The van der Waals surface area contributed by atoms with Gasteiger partial charge in [0.15, 0.2) is 0 Å². The molecule has 1 atom stereocenters. The van der Waals surface area contributed by atoms with E-state index in [1.54, 1.807) is 7.11 Å². The maximum absolute atomic E-state index is 6.49. The summed E-state index contributed by atoms with van der Waals surface area (Å²) < 4.78 is 8.51. The topological polar surface area (TPSA) is 39.1 Å². The Balaban J connectivity index is 2.12. The van der Waals surface area contributed by atoms with Gasteiger partial charge < -0.3 is 10.1 Å². The fraction of sp³-hybridized carbons (Fsp3) is 0.438. The van der Waals surface area contributed by atoms with Gasteiger partial charge >= 0.3 is 0 Å². The van der Waals surface area contributed by atoms with E-state index in [9.17, 15) is 0 Å². The molecular weight excluding hydrogens is 366 g/mol. The second-order valence-electron chi connectivity index (χ2n) is 5.67. The van der Waals surface area contributed by atoms with Crippen molar-refractivity contribution in [2.24, 2.45) is 0 Å². The summed E-state index contributed by atoms with van der Waals surface area (Å²) in [5.41, 5.74) is 3.40. The highest BCUT2D eigenvalue weighted by atomic mass is 79.9. The van der Waals surface area contributed by atoms with Crippen LogP contribution in [-0.2, 0) is 0 Å². The van der Waals surface area contributed by atoms with E-state index in [0.29, 0.717) is 5.92 Å². The van der Waals surface area contributed by atoms with Crippen LogP contribution in [0.1, 0.15) is 35.6 Å². The summed E-state index contributed by atoms with van der Waals surface area (Å²) in [4.78, 5) is 0. The van der Waals surface area contributed by atoms with Gasteiger partial charge in [-0.05, 0) is 47.5 Å². The van der Waals surface area contributed by atoms with Crippen molar-refractivity contribution in [3.8, 4) is 5.75 Å². The molecule has 0 saturated carbocycles. The number of hydrogen-bond acceptors (Lipinski definition) is 3. The van der Waals surface area contributed by atoms with Gasteiger partial charge in [-0.25, -0.2) is 0 Å². The van der Waals surface area contributed by atoms with Crippen LogP contribution in [0.2, 0.25) is 5.02 Å². The molecule has 1 saturated heterocycles. The zero-order chi connectivity index (χ0) is 15.9. The molecule has 6 heteroatoms. The van der Waals surface area contributed by atoms with Crippen LogP contribution in [0.25, 0.3) is 0 Å². The Hall–Kier alpha value is -1.04. The van der Waals surface area contributed by atoms with Gasteiger partial charge in [-0.1, -0.05) is 11.6 Å². The molecule has 2 heterocycles. The lowest BCUT2D eigenvalue weighted by molar-refractivity contribution is 0.374. The first-order chi connectivity index (χ1) is 10.5. The van der Waals surface area contributed by atoms with E-state index in [0.717, 1.165) is 39.6 Å². The maximum atomic E-state index is 6.49. The Bertz CT molecular complexity index is 697. The normalized spacial score (nSPS) is 16.4. The van der Waals surface area contributed by atoms with Gasteiger partial charge in [0.05, 0.1) is 13.2 Å². The summed E-state index contributed by atoms with van der Waals surface area (Å²) in [5.74, 6) is 1.40. The van der Waals surface area contributed by atoms with Crippen LogP contribution < -0.4 is 10.1 Å². The first-order valence-corrected chi connectivity index (χ1v) is 8.48. The summed E-state index contributed by atoms with van der Waals surface area (Å²) >= 11 is 9.89. The molecule has 4 nitrogen and oxygen atoms in total. The highest BCUT2D eigenvalue weighted by Crippen LogP contribution is 2.41. The Morgan fingerprint density at radius 1 is 1.50 bits per heavy atom. The van der Waals surface area contributed by atoms with Gasteiger partial charge in [0.25, 0.3) is 0 Å². The SMILES string of the molecule is COc1c(C(C)n2ccc(Br)n2)cc(Cl)c(C)c1C1CNC1. The van der Waals surface area contributed by atoms with Gasteiger partial charge in [-0.15, -0.1) is 0 Å². The van der Waals surface area contributed by atoms with E-state index in [1.807, 2.05) is 23.0 Å². The third kappa shape index (κ3) is 2.66. The van der Waals surface area contributed by atoms with Crippen LogP contribution in [0.3, 0.4) is 0 Å². The van der Waals surface area contributed by atoms with Gasteiger partial charge in [-0.2, -0.15) is 5.10 Å². The molecule has 3 rings (SSSR count). The van der Waals surface area contributed by atoms with Gasteiger partial charge in [0.1, 0.15) is 10.4 Å². The van der Waals surface area contributed by atoms with E-state index in [-0.39, 0.29) is 6.04 Å². The van der Waals surface area contributed by atoms with Crippen molar-refractivity contribution in [3.63, 3.8) is 0 Å². The van der Waals surface area contributed by atoms with Gasteiger partial charge in [0.2, 0.25) is 0 Å². The number of benzene rings is 1. The fourth-order valence-electron chi connectivity index (χ4n) is 2.96. The first-order valence-electron chi connectivity index (χ1n) is 7.31. The average molecular weight is 385 g/mol. The first kappa shape index (κ1) is 15.8. The highest BCUT2D eigenvalue weighted by molar-refractivity contribution is 9.10. The third-order valence-corrected chi connectivity index (χ3v) is 5.18. The Labute approximate surface area is 143 Å². The molecular formula is C16H19BrClN3O. The summed E-state index contributed by atoms with van der Waals surface area (Å²) in [6.07, 6.45) is 1.95. The predicted molar refractivity (Wildman–Crippen MR) is 92.1 cm³/mol. The number of nitrogens with one attached hydrogen (secondary N) is 1. The van der Waals surface area contributed by atoms with Crippen molar-refractivity contribution >= 4 is 27.5 Å². The molecule has 0 radical (unpaired) electrons. The van der Waals surface area contributed by atoms with Crippen molar-refractivity contribution in [3.05, 3.63) is 44.6 Å². The second-order valence-corrected chi connectivity index (χ2v) is 6.89. The molecule has 22 heavy (non-hydrogen) atoms. The van der Waals surface area contributed by atoms with Crippen LogP contribution >= 0.6 is 27.5 Å². The van der Waals surface area contributed by atoms with E-state index >= 15 is 0 Å². The zero-order valence-corrected chi connectivity index (χ0v) is 15.2. The molecule has 1 aromatic carbocycles. The minimum absolute atomic E-state index is 0.0473. The largest absolute Gasteiger partial charge is 0.496 e. The molecule has 1 aliphatic rings. The van der Waals surface area contributed by atoms with E-state index in [4.69, 9.17) is 16.3 Å². The van der Waals surface area contributed by atoms with Crippen LogP contribution in [-0.4, -0.2) is 30.0 Å². The molecule has 118 valence electrons. The molecule has 2 aromatic rings. The molecule has 0 aliphatic carbocycles. The Morgan fingerprint density at radius 3 is 2.73 bits per heavy atom. The second kappa shape index (κ2) is 6.22. The summed E-state index contributed by atoms with van der Waals surface area (Å²) in [5, 5.41) is 8.55. The van der Waals surface area contributed by atoms with Crippen molar-refractivity contribution in [1.29, 1.82) is 0 Å². The standard InChI is InChI=1S/C16H19BrClN3O/c1-9-13(18)6-12(10(2)21-5-4-14(17)20-21)16(22-3)15(9)11-7-19-8-11/h4-6,10-11,19H,7-8H2,1-3H3. The zero-order valence-electron chi connectivity index (χ0n) is 12.9. The maximum Gasteiger partial charge on any atom is 0.128 e. The molecule has 1 aromatic heterocycles. The number of aromatic nitrogens is 2. The monoisotopic (exact) mass is 383 g/mol. The Morgan fingerprint density at radius 2 is 2.23 bits per heavy atom. The number of methoxy groups -OCH3 is 1. The third-order valence-electron chi connectivity index (χ3n) is 4.37. The molecule has 1 unspecified atom stereocenters. The van der Waals surface area contributed by atoms with Crippen LogP contribution in [0.4, 0.5) is 0 Å². The van der Waals surface area contributed by atoms with Crippen molar-refractivity contribution in [2.75, 3.05) is 20.2 Å². The molecule has 1 aliphatic heterocycles. The minimum Gasteiger partial charge on any atom is -0.496 e. The lowest BCUT2D eigenvalue weighted by Gasteiger charge is -2.32. The summed E-state index contributed by atoms with van der Waals surface area (Å²) in [7, 11) is 1.73. The van der Waals surface area contributed by atoms with Crippen molar-refractivity contribution in [1.82, 2.24) is 15.1 Å². The molecule has 1 fully saturated rings. The van der Waals surface area contributed by atoms with Crippen LogP contribution in [0.15, 0.2) is 22.9 Å². The number of rotatable bonds is 4. The smallest absolute Gasteiger partial charge is 0.128 e. The summed E-state index contributed by atoms with van der Waals surface area (Å²) in [6.45, 7) is 6.11. The minimum atomic E-state index is 0.0473. The number of ether oxygens (including phenoxy) is 1. The van der Waals surface area contributed by atoms with Crippen molar-refractivity contribution < 1.29 is 4.74 Å². The van der Waals surface area contributed by atoms with Crippen LogP contribution in [0, 0.1) is 6.92 Å². The fourth-order valence-corrected chi connectivity index (χ4v) is 3.48. The molecule has 0 spiro atoms. The number of hydrogen-bond donors (Lipinski definition) is 1. The van der Waals surface area contributed by atoms with Gasteiger partial charge in [0, 0.05) is 41.4 Å². The van der Waals surface area contributed by atoms with Crippen LogP contribution in [0.5, 0.6) is 5.75 Å². The van der Waals surface area contributed by atoms with Gasteiger partial charge in [-0.3, -0.25) is 4.68 Å². The quantitative estimate of drug-likeness (QED) is 0.868. The molecule has 0 bridgehead atoms. The van der Waals surface area contributed by atoms with E-state index in [1.165, 1.54) is 5.56 Å². The lowest BCUT2D eigenvalue weighted by atomic mass is 9.86. The number of nitrogens with zero attached hydrogens (tertiary/aromatic N) is 2. The highest BCUT2D eigenvalue weighted by Gasteiger charge is 2.29. The molecule has 0 amide bonds. The number of halogens is 2. The lowest BCUT2D eigenvalue weighted by Crippen LogP contribution is -2.40.